The van der Waals surface area contributed by atoms with Crippen molar-refractivity contribution in [2.45, 2.75) is 50.4 Å². The van der Waals surface area contributed by atoms with Crippen molar-refractivity contribution < 1.29 is 39.0 Å². The third-order valence-corrected chi connectivity index (χ3v) is 5.24. The molecule has 2 rings (SSSR count). The van der Waals surface area contributed by atoms with Crippen LogP contribution in [0.5, 0.6) is 0 Å². The lowest BCUT2D eigenvalue weighted by Gasteiger charge is -2.23. The number of amides is 4. The van der Waals surface area contributed by atoms with Crippen molar-refractivity contribution >= 4 is 46.5 Å². The van der Waals surface area contributed by atoms with Gasteiger partial charge in [-0.25, -0.2) is 4.79 Å². The number of nitrogens with one attached hydrogen (secondary N) is 4. The quantitative estimate of drug-likeness (QED) is 0.149. The number of benzene rings is 1. The normalized spacial score (nSPS) is 14.2. The molecule has 14 heteroatoms. The van der Waals surface area contributed by atoms with Gasteiger partial charge in [0.05, 0.1) is 18.9 Å². The maximum absolute atomic E-state index is 12.8. The monoisotopic (exact) mass is 504 g/mol. The Labute approximate surface area is 204 Å². The van der Waals surface area contributed by atoms with Crippen molar-refractivity contribution in [1.82, 2.24) is 20.9 Å². The number of carboxylic acids is 2. The van der Waals surface area contributed by atoms with Crippen LogP contribution in [-0.2, 0) is 35.2 Å². The van der Waals surface area contributed by atoms with E-state index in [-0.39, 0.29) is 6.42 Å². The minimum atomic E-state index is -1.54. The van der Waals surface area contributed by atoms with Gasteiger partial charge in [-0.1, -0.05) is 18.2 Å². The van der Waals surface area contributed by atoms with Gasteiger partial charge in [0.15, 0.2) is 0 Å². The highest BCUT2D eigenvalue weighted by Gasteiger charge is 2.30. The molecule has 2 aromatic rings. The fourth-order valence-corrected chi connectivity index (χ4v) is 3.37. The first-order chi connectivity index (χ1) is 16.9. The van der Waals surface area contributed by atoms with Gasteiger partial charge in [0.2, 0.25) is 23.6 Å². The molecule has 0 saturated carbocycles. The van der Waals surface area contributed by atoms with Crippen LogP contribution in [0.2, 0.25) is 0 Å². The second-order valence-corrected chi connectivity index (χ2v) is 8.13. The van der Waals surface area contributed by atoms with Crippen molar-refractivity contribution in [1.29, 1.82) is 0 Å². The standard InChI is InChI=1S/C22H28N6O8/c1-10(26-20(33)13(23)7-18(30)31)19(32)27-15(8-17(24)29)21(34)28-16(22(35)36)6-11-9-25-14-5-3-2-4-12(11)14/h2-5,9-10,13,15-16,25H,6-8,23H2,1H3,(H2,24,29)(H,26,33)(H,27,32)(H,28,34)(H,30,31)(H,35,36). The number of rotatable bonds is 13. The van der Waals surface area contributed by atoms with E-state index in [2.05, 4.69) is 20.9 Å². The molecule has 0 aliphatic rings. The minimum absolute atomic E-state index is 0.0871. The fraction of sp³-hybridized carbons (Fsp3) is 0.364. The summed E-state index contributed by atoms with van der Waals surface area (Å²) >= 11 is 0. The molecule has 4 atom stereocenters. The lowest BCUT2D eigenvalue weighted by Crippen LogP contribution is -2.57. The first-order valence-corrected chi connectivity index (χ1v) is 10.8. The van der Waals surface area contributed by atoms with Gasteiger partial charge in [-0.05, 0) is 18.6 Å². The third-order valence-electron chi connectivity index (χ3n) is 5.24. The van der Waals surface area contributed by atoms with Crippen LogP contribution in [0.25, 0.3) is 10.9 Å². The molecular formula is C22H28N6O8. The van der Waals surface area contributed by atoms with E-state index >= 15 is 0 Å². The molecule has 14 nitrogen and oxygen atoms in total. The predicted octanol–water partition coefficient (Wildman–Crippen LogP) is -2.05. The van der Waals surface area contributed by atoms with Crippen LogP contribution in [0.15, 0.2) is 30.5 Å². The number of carbonyl (C=O) groups excluding carboxylic acids is 4. The summed E-state index contributed by atoms with van der Waals surface area (Å²) in [4.78, 5) is 74.3. The van der Waals surface area contributed by atoms with E-state index < -0.39 is 72.6 Å². The summed E-state index contributed by atoms with van der Waals surface area (Å²) in [5, 5.41) is 25.9. The summed E-state index contributed by atoms with van der Waals surface area (Å²) in [7, 11) is 0. The Hall–Kier alpha value is -4.46. The molecular weight excluding hydrogens is 476 g/mol. The van der Waals surface area contributed by atoms with Crippen LogP contribution in [0.3, 0.4) is 0 Å². The Morgan fingerprint density at radius 1 is 0.917 bits per heavy atom. The molecule has 1 aromatic carbocycles. The van der Waals surface area contributed by atoms with Crippen LogP contribution < -0.4 is 27.4 Å². The number of aliphatic carboxylic acids is 2. The highest BCUT2D eigenvalue weighted by Crippen LogP contribution is 2.19. The largest absolute Gasteiger partial charge is 0.481 e. The van der Waals surface area contributed by atoms with Crippen LogP contribution in [0.1, 0.15) is 25.3 Å². The second-order valence-electron chi connectivity index (χ2n) is 8.13. The summed E-state index contributed by atoms with van der Waals surface area (Å²) in [6.45, 7) is 1.25. The Kier molecular flexibility index (Phi) is 9.50. The summed E-state index contributed by atoms with van der Waals surface area (Å²) in [6.07, 6.45) is 0.223. The average Bonchev–Trinajstić information content (AvgIpc) is 3.19. The van der Waals surface area contributed by atoms with Gasteiger partial charge in [0.25, 0.3) is 0 Å². The molecule has 0 saturated heterocycles. The molecule has 0 aliphatic heterocycles. The topological polar surface area (TPSA) is 247 Å². The molecule has 0 bridgehead atoms. The summed E-state index contributed by atoms with van der Waals surface area (Å²) in [6, 6.07) is 1.57. The second kappa shape index (κ2) is 12.3. The van der Waals surface area contributed by atoms with Gasteiger partial charge in [-0.3, -0.25) is 24.0 Å². The van der Waals surface area contributed by atoms with E-state index in [4.69, 9.17) is 16.6 Å². The average molecular weight is 505 g/mol. The molecule has 1 heterocycles. The number of hydrogen-bond donors (Lipinski definition) is 8. The zero-order chi connectivity index (χ0) is 27.0. The number of H-pyrrole nitrogens is 1. The number of aromatic amines is 1. The van der Waals surface area contributed by atoms with Gasteiger partial charge in [-0.2, -0.15) is 0 Å². The molecule has 0 spiro atoms. The number of carbonyl (C=O) groups is 6. The first kappa shape index (κ1) is 27.8. The number of hydrogen-bond acceptors (Lipinski definition) is 7. The lowest BCUT2D eigenvalue weighted by atomic mass is 10.0. The molecule has 0 fully saturated rings. The van der Waals surface area contributed by atoms with Gasteiger partial charge < -0.3 is 42.6 Å². The molecule has 194 valence electrons. The van der Waals surface area contributed by atoms with Gasteiger partial charge in [-0.15, -0.1) is 0 Å². The van der Waals surface area contributed by atoms with E-state index in [1.165, 1.54) is 6.92 Å². The van der Waals surface area contributed by atoms with E-state index in [0.717, 1.165) is 10.9 Å². The van der Waals surface area contributed by atoms with Crippen LogP contribution >= 0.6 is 0 Å². The SMILES string of the molecule is CC(NC(=O)C(N)CC(=O)O)C(=O)NC(CC(N)=O)C(=O)NC(Cc1c[nH]c2ccccc12)C(=O)O. The smallest absolute Gasteiger partial charge is 0.326 e. The van der Waals surface area contributed by atoms with Gasteiger partial charge in [0.1, 0.15) is 18.1 Å². The van der Waals surface area contributed by atoms with Crippen molar-refractivity contribution in [3.8, 4) is 0 Å². The van der Waals surface area contributed by atoms with Crippen molar-refractivity contribution in [3.63, 3.8) is 0 Å². The molecule has 0 radical (unpaired) electrons. The highest BCUT2D eigenvalue weighted by molar-refractivity contribution is 5.96. The van der Waals surface area contributed by atoms with E-state index in [0.29, 0.717) is 5.56 Å². The molecule has 10 N–H and O–H groups in total. The number of aromatic nitrogens is 1. The molecule has 0 aliphatic carbocycles. The van der Waals surface area contributed by atoms with E-state index in [9.17, 15) is 33.9 Å². The Bertz CT molecular complexity index is 1160. The Morgan fingerprint density at radius 2 is 1.56 bits per heavy atom. The summed E-state index contributed by atoms with van der Waals surface area (Å²) in [5.41, 5.74) is 12.0. The van der Waals surface area contributed by atoms with Crippen molar-refractivity contribution in [2.75, 3.05) is 0 Å². The maximum Gasteiger partial charge on any atom is 0.326 e. The van der Waals surface area contributed by atoms with Crippen molar-refractivity contribution in [3.05, 3.63) is 36.0 Å². The maximum atomic E-state index is 12.8. The molecule has 4 amide bonds. The first-order valence-electron chi connectivity index (χ1n) is 10.8. The Balaban J connectivity index is 2.09. The number of carboxylic acid groups (broad SMARTS) is 2. The summed E-state index contributed by atoms with van der Waals surface area (Å²) in [5.74, 6) is -6.40. The van der Waals surface area contributed by atoms with Crippen LogP contribution in [-0.4, -0.2) is 74.9 Å². The zero-order valence-corrected chi connectivity index (χ0v) is 19.3. The zero-order valence-electron chi connectivity index (χ0n) is 19.3. The number of fused-ring (bicyclic) bond motifs is 1. The molecule has 1 aromatic heterocycles. The lowest BCUT2D eigenvalue weighted by molar-refractivity contribution is -0.142. The molecule has 4 unspecified atom stereocenters. The third kappa shape index (κ3) is 7.80. The Morgan fingerprint density at radius 3 is 2.17 bits per heavy atom. The predicted molar refractivity (Wildman–Crippen MR) is 125 cm³/mol. The van der Waals surface area contributed by atoms with Gasteiger partial charge in [0, 0.05) is 23.5 Å². The van der Waals surface area contributed by atoms with Gasteiger partial charge >= 0.3 is 11.9 Å². The van der Waals surface area contributed by atoms with E-state index in [1.807, 2.05) is 0 Å². The number of nitrogens with two attached hydrogens (primary N) is 2. The number of para-hydroxylation sites is 1. The summed E-state index contributed by atoms with van der Waals surface area (Å²) < 4.78 is 0. The van der Waals surface area contributed by atoms with Crippen LogP contribution in [0.4, 0.5) is 0 Å². The highest BCUT2D eigenvalue weighted by atomic mass is 16.4. The fourth-order valence-electron chi connectivity index (χ4n) is 3.37. The van der Waals surface area contributed by atoms with Crippen LogP contribution in [0, 0.1) is 0 Å². The minimum Gasteiger partial charge on any atom is -0.481 e. The van der Waals surface area contributed by atoms with Crippen molar-refractivity contribution in [2.24, 2.45) is 11.5 Å². The van der Waals surface area contributed by atoms with E-state index in [1.54, 1.807) is 30.5 Å². The molecule has 36 heavy (non-hydrogen) atoms. The number of primary amides is 1.